The average Bonchev–Trinajstić information content (AvgIpc) is 3.23. The molecule has 4 aromatic rings. The van der Waals surface area contributed by atoms with Crippen LogP contribution >= 0.6 is 0 Å². The minimum Gasteiger partial charge on any atom is -0.352 e. The molecule has 6 nitrogen and oxygen atoms in total. The maximum absolute atomic E-state index is 13.1. The van der Waals surface area contributed by atoms with E-state index in [0.717, 1.165) is 53.8 Å². The van der Waals surface area contributed by atoms with E-state index < -0.39 is 0 Å². The topological polar surface area (TPSA) is 67.2 Å². The zero-order valence-electron chi connectivity index (χ0n) is 20.4. The van der Waals surface area contributed by atoms with E-state index in [1.165, 1.54) is 0 Å². The maximum Gasteiger partial charge on any atom is 0.251 e. The van der Waals surface area contributed by atoms with Gasteiger partial charge in [0.15, 0.2) is 0 Å². The summed E-state index contributed by atoms with van der Waals surface area (Å²) in [4.78, 5) is 31.8. The van der Waals surface area contributed by atoms with Gasteiger partial charge >= 0.3 is 0 Å². The highest BCUT2D eigenvalue weighted by Crippen LogP contribution is 2.19. The van der Waals surface area contributed by atoms with Crippen molar-refractivity contribution >= 4 is 28.5 Å². The number of carbonyl (C=O) groups excluding carboxylic acids is 2. The highest BCUT2D eigenvalue weighted by Gasteiger charge is 2.17. The summed E-state index contributed by atoms with van der Waals surface area (Å²) in [5.41, 5.74) is 4.58. The van der Waals surface area contributed by atoms with Gasteiger partial charge in [0.25, 0.3) is 5.91 Å². The summed E-state index contributed by atoms with van der Waals surface area (Å²) in [7, 11) is 1.81. The van der Waals surface area contributed by atoms with Crippen LogP contribution in [0.3, 0.4) is 0 Å². The third kappa shape index (κ3) is 6.15. The number of aromatic nitrogens is 2. The van der Waals surface area contributed by atoms with Gasteiger partial charge in [0.2, 0.25) is 5.91 Å². The number of imidazole rings is 1. The van der Waals surface area contributed by atoms with Crippen LogP contribution < -0.4 is 10.2 Å². The van der Waals surface area contributed by atoms with Crippen LogP contribution in [0.2, 0.25) is 0 Å². The Balaban J connectivity index is 1.32. The zero-order chi connectivity index (χ0) is 24.6. The van der Waals surface area contributed by atoms with Crippen molar-refractivity contribution in [1.82, 2.24) is 14.9 Å². The third-order valence-corrected chi connectivity index (χ3v) is 6.22. The lowest BCUT2D eigenvalue weighted by molar-refractivity contribution is -0.118. The number of amides is 2. The van der Waals surface area contributed by atoms with Gasteiger partial charge in [-0.25, -0.2) is 4.98 Å². The number of hydrogen-bond acceptors (Lipinski definition) is 3. The fraction of sp³-hybridized carbons (Fsp3) is 0.276. The number of fused-ring (bicyclic) bond motifs is 1. The summed E-state index contributed by atoms with van der Waals surface area (Å²) in [6.07, 6.45) is 3.58. The minimum atomic E-state index is -0.0344. The summed E-state index contributed by atoms with van der Waals surface area (Å²) in [6, 6.07) is 25.2. The predicted molar refractivity (Wildman–Crippen MR) is 141 cm³/mol. The summed E-state index contributed by atoms with van der Waals surface area (Å²) in [6.45, 7) is 2.89. The fourth-order valence-electron chi connectivity index (χ4n) is 4.12. The number of unbranched alkanes of at least 4 members (excludes halogenated alkanes) is 2. The van der Waals surface area contributed by atoms with Crippen LogP contribution in [-0.2, 0) is 17.8 Å². The van der Waals surface area contributed by atoms with Crippen molar-refractivity contribution in [3.8, 4) is 0 Å². The van der Waals surface area contributed by atoms with Gasteiger partial charge in [-0.15, -0.1) is 0 Å². The van der Waals surface area contributed by atoms with Crippen molar-refractivity contribution in [3.63, 3.8) is 0 Å². The summed E-state index contributed by atoms with van der Waals surface area (Å²) < 4.78 is 2.04. The first kappa shape index (κ1) is 24.2. The summed E-state index contributed by atoms with van der Waals surface area (Å²) in [5.74, 6) is 0.900. The first-order valence-corrected chi connectivity index (χ1v) is 12.1. The Hall–Kier alpha value is -3.93. The molecule has 1 heterocycles. The summed E-state index contributed by atoms with van der Waals surface area (Å²) >= 11 is 0. The van der Waals surface area contributed by atoms with Gasteiger partial charge in [-0.1, -0.05) is 54.4 Å². The van der Waals surface area contributed by atoms with Crippen LogP contribution in [0, 0.1) is 6.92 Å². The molecule has 6 heteroatoms. The molecule has 0 radical (unpaired) electrons. The molecule has 0 saturated carbocycles. The second kappa shape index (κ2) is 11.5. The van der Waals surface area contributed by atoms with Gasteiger partial charge in [0, 0.05) is 31.3 Å². The van der Waals surface area contributed by atoms with E-state index in [0.29, 0.717) is 12.1 Å². The number of carbonyl (C=O) groups is 2. The molecule has 0 saturated heterocycles. The minimum absolute atomic E-state index is 0.0134. The Morgan fingerprint density at radius 1 is 0.886 bits per heavy atom. The van der Waals surface area contributed by atoms with Crippen molar-refractivity contribution < 1.29 is 9.59 Å². The largest absolute Gasteiger partial charge is 0.352 e. The van der Waals surface area contributed by atoms with Crippen LogP contribution in [0.15, 0.2) is 78.9 Å². The zero-order valence-corrected chi connectivity index (χ0v) is 20.4. The van der Waals surface area contributed by atoms with Crippen LogP contribution in [0.5, 0.6) is 0 Å². The molecule has 0 fully saturated rings. The van der Waals surface area contributed by atoms with E-state index in [1.807, 2.05) is 90.4 Å². The Morgan fingerprint density at radius 2 is 1.60 bits per heavy atom. The van der Waals surface area contributed by atoms with Gasteiger partial charge in [0.1, 0.15) is 12.4 Å². The number of nitrogens with one attached hydrogen (secondary N) is 1. The molecule has 0 bridgehead atoms. The molecule has 1 aromatic heterocycles. The van der Waals surface area contributed by atoms with Crippen molar-refractivity contribution in [2.75, 3.05) is 18.5 Å². The van der Waals surface area contributed by atoms with Crippen molar-refractivity contribution in [3.05, 3.63) is 95.8 Å². The highest BCUT2D eigenvalue weighted by molar-refractivity contribution is 5.94. The molecule has 0 unspecified atom stereocenters. The van der Waals surface area contributed by atoms with Gasteiger partial charge in [-0.05, 0) is 56.2 Å². The lowest BCUT2D eigenvalue weighted by Gasteiger charge is -2.18. The molecule has 0 aliphatic heterocycles. The van der Waals surface area contributed by atoms with Crippen molar-refractivity contribution in [2.45, 2.75) is 39.2 Å². The average molecular weight is 469 g/mol. The molecule has 0 spiro atoms. The quantitative estimate of drug-likeness (QED) is 0.327. The van der Waals surface area contributed by atoms with Crippen LogP contribution in [0.1, 0.15) is 41.0 Å². The standard InChI is InChI=1S/C29H32N4O2/c1-22-16-18-23(19-17-22)29(35)30-20-10-4-7-15-27-31-25-13-8-9-14-26(25)33(27)21-28(34)32(2)24-11-5-3-6-12-24/h3,5-6,8-9,11-14,16-19H,4,7,10,15,20-21H2,1-2H3,(H,30,35). The number of aryl methyl sites for hydroxylation is 2. The number of benzene rings is 3. The lowest BCUT2D eigenvalue weighted by Crippen LogP contribution is -2.30. The van der Waals surface area contributed by atoms with E-state index in [9.17, 15) is 9.59 Å². The van der Waals surface area contributed by atoms with Gasteiger partial charge < -0.3 is 14.8 Å². The number of para-hydroxylation sites is 3. The Morgan fingerprint density at radius 3 is 2.37 bits per heavy atom. The second-order valence-corrected chi connectivity index (χ2v) is 8.82. The van der Waals surface area contributed by atoms with Crippen LogP contribution in [0.25, 0.3) is 11.0 Å². The lowest BCUT2D eigenvalue weighted by atomic mass is 10.1. The van der Waals surface area contributed by atoms with Gasteiger partial charge in [-0.2, -0.15) is 0 Å². The fourth-order valence-corrected chi connectivity index (χ4v) is 4.12. The van der Waals surface area contributed by atoms with E-state index in [4.69, 9.17) is 4.98 Å². The van der Waals surface area contributed by atoms with E-state index in [-0.39, 0.29) is 18.4 Å². The first-order chi connectivity index (χ1) is 17.0. The molecular formula is C29H32N4O2. The number of nitrogens with zero attached hydrogens (tertiary/aromatic N) is 3. The van der Waals surface area contributed by atoms with Crippen molar-refractivity contribution in [1.29, 1.82) is 0 Å². The van der Waals surface area contributed by atoms with Gasteiger partial charge in [-0.3, -0.25) is 9.59 Å². The number of anilines is 1. The van der Waals surface area contributed by atoms with Crippen LogP contribution in [0.4, 0.5) is 5.69 Å². The molecular weight excluding hydrogens is 436 g/mol. The number of likely N-dealkylation sites (N-methyl/N-ethyl adjacent to an activating group) is 1. The highest BCUT2D eigenvalue weighted by atomic mass is 16.2. The Bertz CT molecular complexity index is 1280. The van der Waals surface area contributed by atoms with Gasteiger partial charge in [0.05, 0.1) is 11.0 Å². The molecule has 4 rings (SSSR count). The maximum atomic E-state index is 13.1. The smallest absolute Gasteiger partial charge is 0.251 e. The molecule has 0 aliphatic rings. The molecule has 3 aromatic carbocycles. The normalized spacial score (nSPS) is 10.9. The van der Waals surface area contributed by atoms with Crippen molar-refractivity contribution in [2.24, 2.45) is 0 Å². The van der Waals surface area contributed by atoms with E-state index in [1.54, 1.807) is 11.9 Å². The van der Waals surface area contributed by atoms with Crippen LogP contribution in [-0.4, -0.2) is 35.0 Å². The molecule has 35 heavy (non-hydrogen) atoms. The second-order valence-electron chi connectivity index (χ2n) is 8.82. The Kier molecular flexibility index (Phi) is 7.93. The first-order valence-electron chi connectivity index (χ1n) is 12.1. The molecule has 0 atom stereocenters. The third-order valence-electron chi connectivity index (χ3n) is 6.22. The SMILES string of the molecule is Cc1ccc(C(=O)NCCCCCc2nc3ccccc3n2CC(=O)N(C)c2ccccc2)cc1. The van der Waals surface area contributed by atoms with E-state index >= 15 is 0 Å². The summed E-state index contributed by atoms with van der Waals surface area (Å²) in [5, 5.41) is 2.99. The monoisotopic (exact) mass is 468 g/mol. The molecule has 2 amide bonds. The van der Waals surface area contributed by atoms with E-state index in [2.05, 4.69) is 5.32 Å². The molecule has 180 valence electrons. The predicted octanol–water partition coefficient (Wildman–Crippen LogP) is 5.15. The number of rotatable bonds is 10. The molecule has 0 aliphatic carbocycles. The molecule has 1 N–H and O–H groups in total. The number of hydrogen-bond donors (Lipinski definition) is 1. The Labute approximate surface area is 206 Å².